The van der Waals surface area contributed by atoms with E-state index < -0.39 is 23.8 Å². The van der Waals surface area contributed by atoms with E-state index in [0.717, 1.165) is 11.1 Å². The van der Waals surface area contributed by atoms with Crippen LogP contribution in [0.15, 0.2) is 47.1 Å². The normalized spacial score (nSPS) is 20.8. The summed E-state index contributed by atoms with van der Waals surface area (Å²) in [5.41, 5.74) is 2.56. The van der Waals surface area contributed by atoms with Gasteiger partial charge >= 0.3 is 11.9 Å². The van der Waals surface area contributed by atoms with Crippen LogP contribution in [-0.4, -0.2) is 26.2 Å². The van der Waals surface area contributed by atoms with Crippen LogP contribution in [-0.2, 0) is 19.1 Å². The molecule has 0 spiro atoms. The molecule has 2 atom stereocenters. The van der Waals surface area contributed by atoms with Crippen molar-refractivity contribution in [1.29, 1.82) is 0 Å². The first kappa shape index (κ1) is 16.9. The molecule has 1 aliphatic carbocycles. The average Bonchev–Trinajstić information content (AvgIpc) is 2.53. The number of benzene rings is 1. The predicted molar refractivity (Wildman–Crippen MR) is 83.1 cm³/mol. The van der Waals surface area contributed by atoms with E-state index in [1.54, 1.807) is 25.1 Å². The van der Waals surface area contributed by atoms with E-state index in [9.17, 15) is 14.0 Å². The zero-order valence-corrected chi connectivity index (χ0v) is 13.6. The predicted octanol–water partition coefficient (Wildman–Crippen LogP) is 3.15. The van der Waals surface area contributed by atoms with Gasteiger partial charge in [-0.15, -0.1) is 0 Å². The van der Waals surface area contributed by atoms with Crippen LogP contribution in [0.2, 0.25) is 0 Å². The maximum atomic E-state index is 13.2. The van der Waals surface area contributed by atoms with Crippen LogP contribution < -0.4 is 0 Å². The Labute approximate surface area is 134 Å². The van der Waals surface area contributed by atoms with Crippen molar-refractivity contribution in [2.24, 2.45) is 5.92 Å². The molecule has 0 bridgehead atoms. The van der Waals surface area contributed by atoms with Gasteiger partial charge in [-0.3, -0.25) is 4.79 Å². The first-order valence-electron chi connectivity index (χ1n) is 7.21. The summed E-state index contributed by atoms with van der Waals surface area (Å²) in [5.74, 6) is -2.55. The number of ether oxygens (including phenoxy) is 2. The van der Waals surface area contributed by atoms with Gasteiger partial charge in [0, 0.05) is 11.5 Å². The number of hydrogen-bond donors (Lipinski definition) is 0. The van der Waals surface area contributed by atoms with Gasteiger partial charge in [-0.25, -0.2) is 9.18 Å². The molecule has 122 valence electrons. The number of allylic oxidation sites excluding steroid dienone is 2. The molecule has 0 fully saturated rings. The van der Waals surface area contributed by atoms with E-state index in [0.29, 0.717) is 11.1 Å². The lowest BCUT2D eigenvalue weighted by Gasteiger charge is -2.32. The molecule has 0 amide bonds. The molecule has 0 saturated heterocycles. The van der Waals surface area contributed by atoms with Crippen LogP contribution in [0.4, 0.5) is 4.39 Å². The number of esters is 2. The first-order valence-corrected chi connectivity index (χ1v) is 7.21. The van der Waals surface area contributed by atoms with Gasteiger partial charge in [0.25, 0.3) is 0 Å². The second kappa shape index (κ2) is 6.77. The molecule has 0 saturated carbocycles. The Balaban J connectivity index is 2.65. The molecule has 0 unspecified atom stereocenters. The third-order valence-electron chi connectivity index (χ3n) is 4.09. The van der Waals surface area contributed by atoms with Crippen molar-refractivity contribution in [3.63, 3.8) is 0 Å². The van der Waals surface area contributed by atoms with Crippen molar-refractivity contribution in [2.45, 2.75) is 19.8 Å². The summed E-state index contributed by atoms with van der Waals surface area (Å²) in [7, 11) is 2.60. The highest BCUT2D eigenvalue weighted by Gasteiger charge is 2.40. The molecule has 1 aliphatic rings. The molecule has 2 rings (SSSR count). The Morgan fingerprint density at radius 2 is 1.65 bits per heavy atom. The van der Waals surface area contributed by atoms with Gasteiger partial charge in [0.05, 0.1) is 20.1 Å². The van der Waals surface area contributed by atoms with Crippen LogP contribution in [0.1, 0.15) is 25.3 Å². The fourth-order valence-electron chi connectivity index (χ4n) is 3.06. The van der Waals surface area contributed by atoms with Crippen LogP contribution in [0.25, 0.3) is 0 Å². The minimum absolute atomic E-state index is 0.383. The monoisotopic (exact) mass is 318 g/mol. The van der Waals surface area contributed by atoms with Crippen molar-refractivity contribution in [2.75, 3.05) is 14.2 Å². The average molecular weight is 318 g/mol. The van der Waals surface area contributed by atoms with Crippen LogP contribution >= 0.6 is 0 Å². The summed E-state index contributed by atoms with van der Waals surface area (Å²) in [6, 6.07) is 5.76. The Morgan fingerprint density at radius 1 is 1.04 bits per heavy atom. The summed E-state index contributed by atoms with van der Waals surface area (Å²) in [4.78, 5) is 24.5. The van der Waals surface area contributed by atoms with Crippen molar-refractivity contribution in [3.05, 3.63) is 58.4 Å². The van der Waals surface area contributed by atoms with Crippen molar-refractivity contribution in [3.8, 4) is 0 Å². The van der Waals surface area contributed by atoms with Crippen LogP contribution in [0.3, 0.4) is 0 Å². The highest BCUT2D eigenvalue weighted by Crippen LogP contribution is 2.42. The lowest BCUT2D eigenvalue weighted by atomic mass is 9.72. The molecule has 0 aliphatic heterocycles. The molecule has 0 aromatic heterocycles. The van der Waals surface area contributed by atoms with Crippen LogP contribution in [0.5, 0.6) is 0 Å². The van der Waals surface area contributed by atoms with E-state index in [-0.39, 0.29) is 5.82 Å². The van der Waals surface area contributed by atoms with E-state index in [1.165, 1.54) is 26.4 Å². The second-order valence-corrected chi connectivity index (χ2v) is 5.51. The molecule has 1 aromatic carbocycles. The fourth-order valence-corrected chi connectivity index (χ4v) is 3.06. The number of carbonyl (C=O) groups excluding carboxylic acids is 2. The third kappa shape index (κ3) is 3.18. The zero-order chi connectivity index (χ0) is 17.1. The minimum atomic E-state index is -0.650. The maximum Gasteiger partial charge on any atom is 0.334 e. The summed E-state index contributed by atoms with van der Waals surface area (Å²) in [6.07, 6.45) is 1.79. The number of hydrogen-bond acceptors (Lipinski definition) is 4. The maximum absolute atomic E-state index is 13.2. The Hall–Kier alpha value is -2.43. The van der Waals surface area contributed by atoms with Gasteiger partial charge in [-0.2, -0.15) is 0 Å². The molecule has 23 heavy (non-hydrogen) atoms. The van der Waals surface area contributed by atoms with E-state index in [1.807, 2.05) is 6.92 Å². The Bertz CT molecular complexity index is 685. The van der Waals surface area contributed by atoms with Gasteiger partial charge in [-0.05, 0) is 37.1 Å². The summed E-state index contributed by atoms with van der Waals surface area (Å²) in [6.45, 7) is 3.61. The molecule has 0 heterocycles. The lowest BCUT2D eigenvalue weighted by molar-refractivity contribution is -0.144. The molecule has 4 nitrogen and oxygen atoms in total. The first-order chi connectivity index (χ1) is 10.9. The van der Waals surface area contributed by atoms with Gasteiger partial charge in [-0.1, -0.05) is 23.8 Å². The largest absolute Gasteiger partial charge is 0.469 e. The van der Waals surface area contributed by atoms with Crippen molar-refractivity contribution >= 4 is 11.9 Å². The minimum Gasteiger partial charge on any atom is -0.469 e. The summed E-state index contributed by atoms with van der Waals surface area (Å²) >= 11 is 0. The number of halogens is 1. The smallest absolute Gasteiger partial charge is 0.334 e. The molecule has 0 N–H and O–H groups in total. The number of rotatable bonds is 3. The van der Waals surface area contributed by atoms with Crippen molar-refractivity contribution in [1.82, 2.24) is 0 Å². The number of methoxy groups -OCH3 is 2. The quantitative estimate of drug-likeness (QED) is 0.803. The van der Waals surface area contributed by atoms with Crippen LogP contribution in [0, 0.1) is 11.7 Å². The van der Waals surface area contributed by atoms with E-state index >= 15 is 0 Å². The molecular weight excluding hydrogens is 299 g/mol. The van der Waals surface area contributed by atoms with Crippen molar-refractivity contribution < 1.29 is 23.5 Å². The molecule has 5 heteroatoms. The molecular formula is C18H19FO4. The Kier molecular flexibility index (Phi) is 4.98. The van der Waals surface area contributed by atoms with E-state index in [4.69, 9.17) is 9.47 Å². The third-order valence-corrected chi connectivity index (χ3v) is 4.09. The summed E-state index contributed by atoms with van der Waals surface area (Å²) in [5, 5.41) is 0. The highest BCUT2D eigenvalue weighted by atomic mass is 19.1. The summed E-state index contributed by atoms with van der Waals surface area (Å²) < 4.78 is 23.0. The van der Waals surface area contributed by atoms with Gasteiger partial charge in [0.15, 0.2) is 0 Å². The highest BCUT2D eigenvalue weighted by molar-refractivity contribution is 5.94. The zero-order valence-electron chi connectivity index (χ0n) is 13.6. The topological polar surface area (TPSA) is 52.6 Å². The number of carbonyl (C=O) groups is 2. The standard InChI is InChI=1S/C18H19FO4/c1-10-9-11(2)15(18(21)23-4)16(14(10)17(20)22-3)12-5-7-13(19)8-6-12/h5-9,14,16H,1-4H3/t14-,16+/m1/s1. The van der Waals surface area contributed by atoms with Gasteiger partial charge < -0.3 is 9.47 Å². The molecule has 1 aromatic rings. The second-order valence-electron chi connectivity index (χ2n) is 5.51. The van der Waals surface area contributed by atoms with E-state index in [2.05, 4.69) is 0 Å². The van der Waals surface area contributed by atoms with Gasteiger partial charge in [0.1, 0.15) is 5.82 Å². The van der Waals surface area contributed by atoms with Gasteiger partial charge in [0.2, 0.25) is 0 Å². The Morgan fingerprint density at radius 3 is 2.17 bits per heavy atom. The lowest BCUT2D eigenvalue weighted by Crippen LogP contribution is -2.32. The molecule has 0 radical (unpaired) electrons. The SMILES string of the molecule is COC(=O)C1=C(C)C=C(C)[C@@H](C(=O)OC)[C@@H]1c1ccc(F)cc1. The fraction of sp³-hybridized carbons (Fsp3) is 0.333.